The van der Waals surface area contributed by atoms with Crippen LogP contribution in [-0.4, -0.2) is 16.8 Å². The Kier molecular flexibility index (Phi) is 4.74. The minimum absolute atomic E-state index is 0. The van der Waals surface area contributed by atoms with Crippen LogP contribution in [-0.2, 0) is 0 Å². The van der Waals surface area contributed by atoms with Gasteiger partial charge in [-0.1, -0.05) is 24.6 Å². The Morgan fingerprint density at radius 1 is 1.48 bits per heavy atom. The molecule has 0 amide bonds. The molecular weight excluding hydrogens is 315 g/mol. The molecule has 1 fully saturated rings. The van der Waals surface area contributed by atoms with Crippen molar-refractivity contribution in [1.29, 1.82) is 0 Å². The molecule has 3 rings (SSSR count). The molecule has 0 radical (unpaired) electrons. The second-order valence-corrected chi connectivity index (χ2v) is 6.21. The molecule has 1 aliphatic carbocycles. The third kappa shape index (κ3) is 3.43. The van der Waals surface area contributed by atoms with Crippen molar-refractivity contribution < 1.29 is 10.6 Å². The molecule has 1 saturated carbocycles. The topological polar surface area (TPSA) is 42.0 Å². The van der Waals surface area contributed by atoms with Gasteiger partial charge in [0.2, 0.25) is 0 Å². The minimum atomic E-state index is -0.536. The van der Waals surface area contributed by atoms with E-state index in [1.165, 1.54) is 6.20 Å². The molecule has 1 atom stereocenters. The van der Waals surface area contributed by atoms with E-state index in [1.54, 1.807) is 30.5 Å². The van der Waals surface area contributed by atoms with Gasteiger partial charge in [0.25, 0.3) is 0 Å². The van der Waals surface area contributed by atoms with Crippen LogP contribution in [0, 0.1) is 5.82 Å². The molecule has 1 aromatic carbocycles. The van der Waals surface area contributed by atoms with Gasteiger partial charge in [-0.05, 0) is 37.5 Å². The highest BCUT2D eigenvalue weighted by Crippen LogP contribution is 2.32. The number of nitrogens with zero attached hydrogens (tertiary/aromatic N) is 1. The predicted molar refractivity (Wildman–Crippen MR) is 90.4 cm³/mol. The molecule has 0 spiro atoms. The summed E-state index contributed by atoms with van der Waals surface area (Å²) in [6.07, 6.45) is 5.97. The number of hydrogen-bond donors (Lipinski definition) is 1. The molecule has 0 unspecified atom stereocenters. The number of carbonyl (C=O) groups is 1. The van der Waals surface area contributed by atoms with E-state index < -0.39 is 11.6 Å². The number of aromatic nitrogens is 1. The zero-order valence-corrected chi connectivity index (χ0v) is 13.6. The lowest BCUT2D eigenvalue weighted by Crippen LogP contribution is -2.24. The lowest BCUT2D eigenvalue weighted by Gasteiger charge is -2.19. The van der Waals surface area contributed by atoms with Crippen molar-refractivity contribution >= 4 is 17.4 Å². The van der Waals surface area contributed by atoms with Crippen LogP contribution in [0.1, 0.15) is 55.1 Å². The van der Waals surface area contributed by atoms with Crippen molar-refractivity contribution in [2.75, 3.05) is 0 Å². The summed E-state index contributed by atoms with van der Waals surface area (Å²) in [6, 6.07) is 6.86. The molecule has 3 nitrogen and oxygen atoms in total. The third-order valence-electron chi connectivity index (χ3n) is 4.07. The predicted octanol–water partition coefficient (Wildman–Crippen LogP) is 4.55. The number of halogens is 2. The minimum Gasteiger partial charge on any atom is -0.307 e. The number of pyridine rings is 1. The van der Waals surface area contributed by atoms with Crippen molar-refractivity contribution in [1.82, 2.24) is 10.3 Å². The summed E-state index contributed by atoms with van der Waals surface area (Å²) in [5.74, 6) is -0.977. The van der Waals surface area contributed by atoms with Gasteiger partial charge in [-0.15, -0.1) is 0 Å². The number of benzene rings is 1. The van der Waals surface area contributed by atoms with Crippen LogP contribution in [0.2, 0.25) is 5.02 Å². The lowest BCUT2D eigenvalue weighted by molar-refractivity contribution is 0.103. The summed E-state index contributed by atoms with van der Waals surface area (Å²) < 4.78 is 15.0. The molecule has 2 aromatic rings. The first-order valence-corrected chi connectivity index (χ1v) is 8.18. The monoisotopic (exact) mass is 334 g/mol. The smallest absolute Gasteiger partial charge is 0.199 e. The second-order valence-electron chi connectivity index (χ2n) is 5.80. The van der Waals surface area contributed by atoms with Crippen LogP contribution in [0.15, 0.2) is 36.7 Å². The van der Waals surface area contributed by atoms with Crippen molar-refractivity contribution in [3.05, 3.63) is 64.2 Å². The number of hydrogen-bond acceptors (Lipinski definition) is 3. The van der Waals surface area contributed by atoms with Crippen molar-refractivity contribution in [2.24, 2.45) is 0 Å². The van der Waals surface area contributed by atoms with Gasteiger partial charge in [-0.25, -0.2) is 4.39 Å². The fraction of sp³-hybridized carbons (Fsp3) is 0.333. The summed E-state index contributed by atoms with van der Waals surface area (Å²) in [6.45, 7) is 2.00. The molecule has 122 valence electrons. The Balaban J connectivity index is 0.00000208. The molecule has 0 aliphatic heterocycles. The largest absolute Gasteiger partial charge is 0.307 e. The van der Waals surface area contributed by atoms with Gasteiger partial charge in [0.05, 0.1) is 10.6 Å². The molecule has 0 bridgehead atoms. The van der Waals surface area contributed by atoms with E-state index in [0.29, 0.717) is 17.2 Å². The maximum absolute atomic E-state index is 15.0. The maximum atomic E-state index is 15.0. The number of nitrogens with one attached hydrogen (secondary N) is 1. The van der Waals surface area contributed by atoms with E-state index in [9.17, 15) is 4.79 Å². The van der Waals surface area contributed by atoms with E-state index in [0.717, 1.165) is 19.3 Å². The van der Waals surface area contributed by atoms with Gasteiger partial charge in [-0.3, -0.25) is 9.78 Å². The number of ketones is 1. The molecule has 1 heterocycles. The Morgan fingerprint density at radius 2 is 2.26 bits per heavy atom. The first-order valence-electron chi connectivity index (χ1n) is 7.80. The van der Waals surface area contributed by atoms with Gasteiger partial charge >= 0.3 is 0 Å². The Labute approximate surface area is 141 Å². The van der Waals surface area contributed by atoms with E-state index in [2.05, 4.69) is 10.3 Å². The van der Waals surface area contributed by atoms with Crippen molar-refractivity contribution in [3.8, 4) is 0 Å². The summed E-state index contributed by atoms with van der Waals surface area (Å²) >= 11 is 6.11. The van der Waals surface area contributed by atoms with Crippen LogP contribution in [0.4, 0.5) is 4.39 Å². The molecule has 5 heteroatoms. The number of carbonyl (C=O) groups excluding carboxylic acids is 1. The van der Waals surface area contributed by atoms with Gasteiger partial charge in [0.15, 0.2) is 5.78 Å². The molecule has 1 aliphatic rings. The average molecular weight is 335 g/mol. The van der Waals surface area contributed by atoms with Gasteiger partial charge in [-0.2, -0.15) is 0 Å². The second kappa shape index (κ2) is 6.77. The van der Waals surface area contributed by atoms with Gasteiger partial charge < -0.3 is 5.32 Å². The molecule has 1 aromatic heterocycles. The average Bonchev–Trinajstić information content (AvgIpc) is 3.38. The van der Waals surface area contributed by atoms with Crippen LogP contribution in [0.25, 0.3) is 0 Å². The van der Waals surface area contributed by atoms with Crippen LogP contribution in [0.3, 0.4) is 0 Å². The van der Waals surface area contributed by atoms with Gasteiger partial charge in [0.1, 0.15) is 5.82 Å². The lowest BCUT2D eigenvalue weighted by atomic mass is 9.96. The van der Waals surface area contributed by atoms with E-state index in [4.69, 9.17) is 11.6 Å². The summed E-state index contributed by atoms with van der Waals surface area (Å²) in [4.78, 5) is 16.5. The molecule has 0 saturated heterocycles. The summed E-state index contributed by atoms with van der Waals surface area (Å²) in [5.41, 5.74) is 0.748. The zero-order chi connectivity index (χ0) is 16.4. The summed E-state index contributed by atoms with van der Waals surface area (Å²) in [7, 11) is 0. The van der Waals surface area contributed by atoms with Crippen molar-refractivity contribution in [3.63, 3.8) is 0 Å². The highest BCUT2D eigenvalue weighted by molar-refractivity contribution is 6.35. The Bertz CT molecular complexity index is 722. The molecule has 23 heavy (non-hydrogen) atoms. The van der Waals surface area contributed by atoms with Crippen LogP contribution < -0.4 is 5.32 Å². The van der Waals surface area contributed by atoms with E-state index in [-0.39, 0.29) is 18.1 Å². The molecule has 1 N–H and O–H groups in total. The first kappa shape index (κ1) is 16.1. The van der Waals surface area contributed by atoms with Crippen molar-refractivity contribution in [2.45, 2.75) is 38.3 Å². The normalized spacial score (nSPS) is 15.4. The Morgan fingerprint density at radius 3 is 2.87 bits per heavy atom. The Hall–Kier alpha value is -1.78. The zero-order valence-electron chi connectivity index (χ0n) is 12.9. The van der Waals surface area contributed by atoms with Crippen LogP contribution in [0.5, 0.6) is 0 Å². The highest BCUT2D eigenvalue weighted by atomic mass is 35.5. The quantitative estimate of drug-likeness (QED) is 0.788. The first-order chi connectivity index (χ1) is 11.1. The summed E-state index contributed by atoms with van der Waals surface area (Å²) in [5, 5.41) is 3.54. The van der Waals surface area contributed by atoms with E-state index >= 15 is 4.39 Å². The van der Waals surface area contributed by atoms with E-state index in [1.807, 2.05) is 6.92 Å². The fourth-order valence-corrected chi connectivity index (χ4v) is 2.88. The fourth-order valence-electron chi connectivity index (χ4n) is 2.65. The SMILES string of the molecule is CC[C@@H](NC1CC1)c1ccc(Cl)c(C(=O)c2cccnc2)c1F.[HH]. The molecular formula is C18H20ClFN2O. The maximum Gasteiger partial charge on any atom is 0.199 e. The number of rotatable bonds is 6. The third-order valence-corrected chi connectivity index (χ3v) is 4.38. The van der Waals surface area contributed by atoms with Gasteiger partial charge in [0, 0.05) is 37.0 Å². The van der Waals surface area contributed by atoms with Crippen LogP contribution >= 0.6 is 11.6 Å². The highest BCUT2D eigenvalue weighted by Gasteiger charge is 2.28. The standard InChI is InChI=1S/C18H18ClFN2O.H2/c1-2-15(22-12-5-6-12)13-7-8-14(19)16(17(13)20)18(23)11-4-3-9-21-10-11;/h3-4,7-10,12,15,22H,2,5-6H2,1H3;1H/t15-;/m1./s1.